The van der Waals surface area contributed by atoms with Crippen molar-refractivity contribution >= 4 is 11.7 Å². The maximum absolute atomic E-state index is 12.5. The van der Waals surface area contributed by atoms with Crippen LogP contribution in [0.15, 0.2) is 36.4 Å². The Labute approximate surface area is 148 Å². The van der Waals surface area contributed by atoms with Gasteiger partial charge < -0.3 is 20.1 Å². The Morgan fingerprint density at radius 1 is 1.04 bits per heavy atom. The van der Waals surface area contributed by atoms with E-state index >= 15 is 0 Å². The number of hydrogen-bond donors (Lipinski definition) is 2. The quantitative estimate of drug-likeness (QED) is 0.860. The van der Waals surface area contributed by atoms with Crippen LogP contribution < -0.4 is 20.1 Å². The first-order valence-corrected chi connectivity index (χ1v) is 8.37. The Kier molecular flexibility index (Phi) is 4.57. The van der Waals surface area contributed by atoms with Crippen LogP contribution in [-0.2, 0) is 5.54 Å². The van der Waals surface area contributed by atoms with Crippen molar-refractivity contribution in [2.75, 3.05) is 19.5 Å². The molecule has 2 aromatic rings. The Bertz CT molecular complexity index is 798. The van der Waals surface area contributed by atoms with Crippen molar-refractivity contribution in [3.05, 3.63) is 53.1 Å². The van der Waals surface area contributed by atoms with Gasteiger partial charge in [-0.1, -0.05) is 18.2 Å². The van der Waals surface area contributed by atoms with Crippen LogP contribution in [-0.4, -0.2) is 20.3 Å². The topological polar surface area (TPSA) is 59.6 Å². The van der Waals surface area contributed by atoms with Gasteiger partial charge >= 0.3 is 6.03 Å². The van der Waals surface area contributed by atoms with E-state index in [-0.39, 0.29) is 11.6 Å². The third-order valence-corrected chi connectivity index (χ3v) is 4.89. The Morgan fingerprint density at radius 3 is 2.40 bits per heavy atom. The summed E-state index contributed by atoms with van der Waals surface area (Å²) in [5, 5.41) is 6.08. The number of hydrogen-bond acceptors (Lipinski definition) is 3. The molecule has 2 amide bonds. The molecule has 0 aromatic heterocycles. The van der Waals surface area contributed by atoms with Gasteiger partial charge in [0.2, 0.25) is 0 Å². The maximum atomic E-state index is 12.5. The molecule has 0 spiro atoms. The molecule has 5 heteroatoms. The van der Waals surface area contributed by atoms with Crippen LogP contribution in [0, 0.1) is 13.8 Å². The fourth-order valence-corrected chi connectivity index (χ4v) is 3.00. The van der Waals surface area contributed by atoms with Crippen molar-refractivity contribution < 1.29 is 14.3 Å². The minimum absolute atomic E-state index is 0.194. The molecule has 0 radical (unpaired) electrons. The van der Waals surface area contributed by atoms with E-state index in [9.17, 15) is 4.79 Å². The highest BCUT2D eigenvalue weighted by Gasteiger charge is 2.46. The summed E-state index contributed by atoms with van der Waals surface area (Å²) in [5.41, 5.74) is 3.76. The number of nitrogens with one attached hydrogen (secondary N) is 2. The second-order valence-corrected chi connectivity index (χ2v) is 6.48. The molecule has 0 unspecified atom stereocenters. The number of urea groups is 1. The number of benzene rings is 2. The summed E-state index contributed by atoms with van der Waals surface area (Å²) in [7, 11) is 3.22. The minimum atomic E-state index is -0.332. The molecule has 1 aliphatic carbocycles. The normalized spacial score (nSPS) is 14.6. The minimum Gasteiger partial charge on any atom is -0.493 e. The van der Waals surface area contributed by atoms with E-state index in [0.29, 0.717) is 11.5 Å². The van der Waals surface area contributed by atoms with Crippen molar-refractivity contribution in [2.24, 2.45) is 0 Å². The van der Waals surface area contributed by atoms with Gasteiger partial charge in [0.05, 0.1) is 19.8 Å². The molecule has 132 valence electrons. The van der Waals surface area contributed by atoms with Crippen LogP contribution in [0.5, 0.6) is 11.5 Å². The van der Waals surface area contributed by atoms with Crippen LogP contribution >= 0.6 is 0 Å². The first-order valence-electron chi connectivity index (χ1n) is 8.37. The molecule has 2 aromatic carbocycles. The molecule has 25 heavy (non-hydrogen) atoms. The summed E-state index contributed by atoms with van der Waals surface area (Å²) in [6.45, 7) is 4.04. The van der Waals surface area contributed by atoms with Gasteiger partial charge in [-0.05, 0) is 61.6 Å². The molecule has 0 bridgehead atoms. The van der Waals surface area contributed by atoms with E-state index in [1.54, 1.807) is 14.2 Å². The van der Waals surface area contributed by atoms with Crippen LogP contribution in [0.25, 0.3) is 0 Å². The van der Waals surface area contributed by atoms with Crippen LogP contribution in [0.3, 0.4) is 0 Å². The Hall–Kier alpha value is -2.69. The molecular formula is C20H24N2O3. The lowest BCUT2D eigenvalue weighted by atomic mass is 10.0. The molecule has 0 aliphatic heterocycles. The van der Waals surface area contributed by atoms with Crippen molar-refractivity contribution in [1.82, 2.24) is 5.32 Å². The largest absolute Gasteiger partial charge is 0.493 e. The molecule has 1 saturated carbocycles. The average Bonchev–Trinajstić information content (AvgIpc) is 3.38. The highest BCUT2D eigenvalue weighted by atomic mass is 16.5. The number of amides is 2. The fourth-order valence-electron chi connectivity index (χ4n) is 3.00. The molecule has 0 atom stereocenters. The monoisotopic (exact) mass is 340 g/mol. The van der Waals surface area contributed by atoms with Gasteiger partial charge in [-0.15, -0.1) is 0 Å². The Balaban J connectivity index is 1.76. The second-order valence-electron chi connectivity index (χ2n) is 6.48. The van der Waals surface area contributed by atoms with Crippen molar-refractivity contribution in [3.8, 4) is 11.5 Å². The summed E-state index contributed by atoms with van der Waals surface area (Å²) in [6, 6.07) is 11.5. The smallest absolute Gasteiger partial charge is 0.319 e. The summed E-state index contributed by atoms with van der Waals surface area (Å²) in [5.74, 6) is 1.35. The number of methoxy groups -OCH3 is 2. The van der Waals surface area contributed by atoms with Gasteiger partial charge in [0.25, 0.3) is 0 Å². The van der Waals surface area contributed by atoms with E-state index in [1.165, 1.54) is 0 Å². The van der Waals surface area contributed by atoms with Gasteiger partial charge in [-0.3, -0.25) is 0 Å². The lowest BCUT2D eigenvalue weighted by molar-refractivity contribution is 0.247. The van der Waals surface area contributed by atoms with E-state index in [1.807, 2.05) is 50.2 Å². The molecule has 5 nitrogen and oxygen atoms in total. The van der Waals surface area contributed by atoms with Crippen molar-refractivity contribution in [3.63, 3.8) is 0 Å². The molecule has 0 heterocycles. The van der Waals surface area contributed by atoms with Gasteiger partial charge in [0.1, 0.15) is 0 Å². The zero-order valence-corrected chi connectivity index (χ0v) is 15.1. The number of ether oxygens (including phenoxy) is 2. The molecule has 0 saturated heterocycles. The number of carbonyl (C=O) groups excluding carboxylic acids is 1. The van der Waals surface area contributed by atoms with E-state index in [2.05, 4.69) is 10.6 Å². The number of carbonyl (C=O) groups is 1. The summed E-state index contributed by atoms with van der Waals surface area (Å²) < 4.78 is 10.7. The lowest BCUT2D eigenvalue weighted by Gasteiger charge is -2.20. The summed E-state index contributed by atoms with van der Waals surface area (Å²) in [4.78, 5) is 12.5. The third-order valence-electron chi connectivity index (χ3n) is 4.89. The second kappa shape index (κ2) is 6.67. The van der Waals surface area contributed by atoms with E-state index in [0.717, 1.165) is 35.2 Å². The van der Waals surface area contributed by atoms with E-state index in [4.69, 9.17) is 9.47 Å². The highest BCUT2D eigenvalue weighted by molar-refractivity contribution is 5.91. The van der Waals surface area contributed by atoms with Crippen molar-refractivity contribution in [2.45, 2.75) is 32.2 Å². The molecule has 2 N–H and O–H groups in total. The number of anilines is 1. The molecule has 3 rings (SSSR count). The van der Waals surface area contributed by atoms with Crippen LogP contribution in [0.1, 0.15) is 29.5 Å². The Morgan fingerprint density at radius 2 is 1.76 bits per heavy atom. The van der Waals surface area contributed by atoms with Crippen LogP contribution in [0.4, 0.5) is 10.5 Å². The molecule has 1 aliphatic rings. The highest BCUT2D eigenvalue weighted by Crippen LogP contribution is 2.47. The average molecular weight is 340 g/mol. The van der Waals surface area contributed by atoms with Gasteiger partial charge in [-0.2, -0.15) is 0 Å². The van der Waals surface area contributed by atoms with Crippen LogP contribution in [0.2, 0.25) is 0 Å². The maximum Gasteiger partial charge on any atom is 0.319 e. The molecular weight excluding hydrogens is 316 g/mol. The van der Waals surface area contributed by atoms with Gasteiger partial charge in [-0.25, -0.2) is 4.79 Å². The third kappa shape index (κ3) is 3.40. The first-order chi connectivity index (χ1) is 12.0. The van der Waals surface area contributed by atoms with Gasteiger partial charge in [0.15, 0.2) is 11.5 Å². The molecule has 1 fully saturated rings. The summed E-state index contributed by atoms with van der Waals surface area (Å²) in [6.07, 6.45) is 1.81. The lowest BCUT2D eigenvalue weighted by Crippen LogP contribution is -2.38. The van der Waals surface area contributed by atoms with E-state index < -0.39 is 0 Å². The first kappa shape index (κ1) is 17.1. The number of aryl methyl sites for hydroxylation is 1. The zero-order chi connectivity index (χ0) is 18.0. The standard InChI is InChI=1S/C20H24N2O3/c1-13-6-5-7-16(14(13)2)21-19(23)22-20(10-11-20)15-8-9-17(24-3)18(12-15)25-4/h5-9,12H,10-11H2,1-4H3,(H2,21,22,23). The van der Waals surface area contributed by atoms with Gasteiger partial charge in [0, 0.05) is 5.69 Å². The predicted octanol–water partition coefficient (Wildman–Crippen LogP) is 4.13. The zero-order valence-electron chi connectivity index (χ0n) is 15.1. The SMILES string of the molecule is COc1ccc(C2(NC(=O)Nc3cccc(C)c3C)CC2)cc1OC. The van der Waals surface area contributed by atoms with Crippen molar-refractivity contribution in [1.29, 1.82) is 0 Å². The summed E-state index contributed by atoms with van der Waals surface area (Å²) >= 11 is 0. The number of rotatable bonds is 5. The fraction of sp³-hybridized carbons (Fsp3) is 0.350. The predicted molar refractivity (Wildman–Crippen MR) is 98.5 cm³/mol.